The average Bonchev–Trinajstić information content (AvgIpc) is 3.89. The maximum absolute atomic E-state index is 14.7. The van der Waals surface area contributed by atoms with E-state index in [1.807, 2.05) is 95.3 Å². The fraction of sp³-hybridized carbons (Fsp3) is 0.182. The van der Waals surface area contributed by atoms with Crippen LogP contribution in [-0.2, 0) is 9.53 Å². The molecule has 4 heterocycles. The van der Waals surface area contributed by atoms with Gasteiger partial charge in [-0.15, -0.1) is 0 Å². The van der Waals surface area contributed by atoms with Crippen LogP contribution < -0.4 is 20.9 Å². The lowest BCUT2D eigenvalue weighted by atomic mass is 10.0. The number of carbonyl (C=O) groups excluding carboxylic acids is 2. The zero-order chi connectivity index (χ0) is 39.9. The summed E-state index contributed by atoms with van der Waals surface area (Å²) in [5.41, 5.74) is 7.11. The Labute approximate surface area is 330 Å². The Morgan fingerprint density at radius 1 is 0.719 bits per heavy atom. The molecule has 0 radical (unpaired) electrons. The summed E-state index contributed by atoms with van der Waals surface area (Å²) in [4.78, 5) is 47.3. The van der Waals surface area contributed by atoms with Gasteiger partial charge in [0.1, 0.15) is 6.04 Å². The van der Waals surface area contributed by atoms with Crippen molar-refractivity contribution in [2.24, 2.45) is 5.92 Å². The highest BCUT2D eigenvalue weighted by atomic mass is 16.6. The monoisotopic (exact) mass is 762 g/mol. The molecule has 3 aromatic carbocycles. The van der Waals surface area contributed by atoms with Crippen LogP contribution in [0.3, 0.4) is 0 Å². The van der Waals surface area contributed by atoms with Crippen LogP contribution in [-0.4, -0.2) is 38.5 Å². The number of hydrogen-bond donors (Lipinski definition) is 3. The van der Waals surface area contributed by atoms with Crippen molar-refractivity contribution in [1.29, 1.82) is 0 Å². The molecular formula is C44H42N8O5. The topological polar surface area (TPSA) is 161 Å². The van der Waals surface area contributed by atoms with E-state index in [0.29, 0.717) is 39.8 Å². The van der Waals surface area contributed by atoms with Gasteiger partial charge in [-0.3, -0.25) is 19.7 Å². The first kappa shape index (κ1) is 38.0. The molecule has 2 amide bonds. The van der Waals surface area contributed by atoms with Gasteiger partial charge in [0, 0.05) is 53.0 Å². The van der Waals surface area contributed by atoms with E-state index in [0.717, 1.165) is 27.8 Å². The molecule has 13 heteroatoms. The lowest BCUT2D eigenvalue weighted by Crippen LogP contribution is -2.42. The van der Waals surface area contributed by atoms with E-state index in [1.54, 1.807) is 61.4 Å². The van der Waals surface area contributed by atoms with Gasteiger partial charge >= 0.3 is 6.09 Å². The number of anilines is 6. The Balaban J connectivity index is 1.21. The molecular weight excluding hydrogens is 721 g/mol. The van der Waals surface area contributed by atoms with Gasteiger partial charge in [0.05, 0.1) is 24.7 Å². The smallest absolute Gasteiger partial charge is 0.415 e. The number of hydrogen-bond acceptors (Lipinski definition) is 11. The van der Waals surface area contributed by atoms with Crippen molar-refractivity contribution in [2.45, 2.75) is 40.7 Å². The number of aryl methyl sites for hydroxylation is 3. The summed E-state index contributed by atoms with van der Waals surface area (Å²) in [7, 11) is 0. The highest BCUT2D eigenvalue weighted by Gasteiger charge is 2.35. The Kier molecular flexibility index (Phi) is 11.4. The van der Waals surface area contributed by atoms with Gasteiger partial charge in [0.15, 0.2) is 11.5 Å². The maximum Gasteiger partial charge on any atom is 0.415 e. The number of oxazole rings is 2. The molecule has 3 N–H and O–H groups in total. The number of aromatic nitrogens is 4. The number of nitrogens with one attached hydrogen (secondary N) is 3. The molecule has 0 bridgehead atoms. The van der Waals surface area contributed by atoms with Crippen LogP contribution in [0.25, 0.3) is 22.6 Å². The Morgan fingerprint density at radius 3 is 1.88 bits per heavy atom. The van der Waals surface area contributed by atoms with Gasteiger partial charge in [-0.1, -0.05) is 55.8 Å². The Morgan fingerprint density at radius 2 is 1.30 bits per heavy atom. The molecule has 288 valence electrons. The van der Waals surface area contributed by atoms with E-state index < -0.39 is 18.0 Å². The molecule has 0 spiro atoms. The predicted molar refractivity (Wildman–Crippen MR) is 220 cm³/mol. The summed E-state index contributed by atoms with van der Waals surface area (Å²) in [5, 5.41) is 9.55. The lowest BCUT2D eigenvalue weighted by Gasteiger charge is -2.31. The van der Waals surface area contributed by atoms with Gasteiger partial charge in [0.25, 0.3) is 17.9 Å². The number of ether oxygens (including phenoxy) is 1. The minimum atomic E-state index is -1.15. The number of rotatable bonds is 13. The van der Waals surface area contributed by atoms with Crippen molar-refractivity contribution in [3.05, 3.63) is 144 Å². The van der Waals surface area contributed by atoms with Crippen molar-refractivity contribution in [3.8, 4) is 22.6 Å². The van der Waals surface area contributed by atoms with E-state index in [1.165, 1.54) is 4.90 Å². The van der Waals surface area contributed by atoms with Crippen LogP contribution in [0.2, 0.25) is 0 Å². The first-order valence-corrected chi connectivity index (χ1v) is 18.4. The third-order valence-corrected chi connectivity index (χ3v) is 9.03. The molecule has 0 saturated carbocycles. The minimum absolute atomic E-state index is 0.0554. The molecule has 0 aliphatic carbocycles. The molecule has 4 aromatic heterocycles. The molecule has 7 rings (SSSR count). The Bertz CT molecular complexity index is 2480. The van der Waals surface area contributed by atoms with E-state index in [9.17, 15) is 9.59 Å². The largest absolute Gasteiger partial charge is 0.449 e. The average molecular weight is 763 g/mol. The minimum Gasteiger partial charge on any atom is -0.449 e. The number of amides is 2. The number of pyridine rings is 2. The third kappa shape index (κ3) is 9.16. The van der Waals surface area contributed by atoms with E-state index in [4.69, 9.17) is 13.6 Å². The van der Waals surface area contributed by atoms with E-state index >= 15 is 0 Å². The molecule has 57 heavy (non-hydrogen) atoms. The second-order valence-corrected chi connectivity index (χ2v) is 14.0. The summed E-state index contributed by atoms with van der Waals surface area (Å²) in [5.74, 6) is 0.739. The molecule has 0 aliphatic heterocycles. The second-order valence-electron chi connectivity index (χ2n) is 14.0. The van der Waals surface area contributed by atoms with Crippen LogP contribution in [0.15, 0.2) is 131 Å². The summed E-state index contributed by atoms with van der Waals surface area (Å²) in [6.07, 6.45) is 9.30. The molecule has 1 unspecified atom stereocenters. The summed E-state index contributed by atoms with van der Waals surface area (Å²) >= 11 is 0. The van der Waals surface area contributed by atoms with Gasteiger partial charge in [-0.25, -0.2) is 14.8 Å². The van der Waals surface area contributed by atoms with Crippen molar-refractivity contribution in [2.75, 3.05) is 27.5 Å². The third-order valence-electron chi connectivity index (χ3n) is 9.03. The number of nitrogens with zero attached hydrogens (tertiary/aromatic N) is 5. The Hall–Kier alpha value is -7.28. The quantitative estimate of drug-likeness (QED) is 0.103. The lowest BCUT2D eigenvalue weighted by molar-refractivity contribution is -0.117. The maximum atomic E-state index is 14.7. The zero-order valence-electron chi connectivity index (χ0n) is 32.2. The van der Waals surface area contributed by atoms with Crippen LogP contribution >= 0.6 is 0 Å². The van der Waals surface area contributed by atoms with E-state index in [2.05, 4.69) is 35.9 Å². The number of carbonyl (C=O) groups is 2. The highest BCUT2D eigenvalue weighted by Crippen LogP contribution is 2.35. The van der Waals surface area contributed by atoms with Crippen LogP contribution in [0, 0.1) is 26.7 Å². The second kappa shape index (κ2) is 17.0. The van der Waals surface area contributed by atoms with Gasteiger partial charge < -0.3 is 29.5 Å². The van der Waals surface area contributed by atoms with Crippen LogP contribution in [0.5, 0.6) is 0 Å². The van der Waals surface area contributed by atoms with Gasteiger partial charge in [-0.05, 0) is 91.9 Å². The first-order valence-electron chi connectivity index (χ1n) is 18.4. The molecule has 0 aliphatic rings. The molecule has 7 aromatic rings. The van der Waals surface area contributed by atoms with Crippen molar-refractivity contribution in [3.63, 3.8) is 0 Å². The first-order chi connectivity index (χ1) is 27.6. The summed E-state index contributed by atoms with van der Waals surface area (Å²) in [6, 6.07) is 25.1. The summed E-state index contributed by atoms with van der Waals surface area (Å²) < 4.78 is 17.8. The SMILES string of the molecule is Cc1cccc(C(C(=O)Nc2ccc(C)c(Nc3ncc(-c4ccncc4)o3)c2)N(C(=O)OCC(C)C)c2ccc(C)c(Nc3ncc(-c4ccncc4)o3)c2)c1. The molecule has 0 fully saturated rings. The van der Waals surface area contributed by atoms with Gasteiger partial charge in [-0.2, -0.15) is 0 Å². The number of benzene rings is 3. The fourth-order valence-electron chi connectivity index (χ4n) is 6.06. The molecule has 1 atom stereocenters. The predicted octanol–water partition coefficient (Wildman–Crippen LogP) is 10.2. The van der Waals surface area contributed by atoms with E-state index in [-0.39, 0.29) is 24.6 Å². The summed E-state index contributed by atoms with van der Waals surface area (Å²) in [6.45, 7) is 9.85. The van der Waals surface area contributed by atoms with Crippen molar-refractivity contribution in [1.82, 2.24) is 19.9 Å². The molecule has 0 saturated heterocycles. The van der Waals surface area contributed by atoms with Gasteiger partial charge in [0.2, 0.25) is 0 Å². The zero-order valence-corrected chi connectivity index (χ0v) is 32.2. The van der Waals surface area contributed by atoms with Crippen LogP contribution in [0.4, 0.5) is 39.6 Å². The van der Waals surface area contributed by atoms with Crippen LogP contribution in [0.1, 0.15) is 42.1 Å². The highest BCUT2D eigenvalue weighted by molar-refractivity contribution is 6.04. The fourth-order valence-corrected chi connectivity index (χ4v) is 6.06. The van der Waals surface area contributed by atoms with Crippen molar-refractivity contribution >= 4 is 46.8 Å². The normalized spacial score (nSPS) is 11.5. The van der Waals surface area contributed by atoms with Crippen molar-refractivity contribution < 1.29 is 23.2 Å². The molecule has 13 nitrogen and oxygen atoms in total. The standard InChI is InChI=1S/C44H42N8O5/c1-27(2)26-55-44(54)52(35-12-10-30(5)37(23-35)51-43-48-25-39(57-43)32-15-19-46-20-16-32)40(33-8-6-7-28(3)21-33)41(53)49-34-11-9-29(4)36(22-34)50-42-47-24-38(56-42)31-13-17-45-18-14-31/h6-25,27,40H,26H2,1-5H3,(H,47,50)(H,48,51)(H,49,53).